The lowest BCUT2D eigenvalue weighted by Gasteiger charge is -1.99. The van der Waals surface area contributed by atoms with Crippen LogP contribution in [0.25, 0.3) is 18.2 Å². The van der Waals surface area contributed by atoms with E-state index >= 15 is 0 Å². The van der Waals surface area contributed by atoms with Crippen molar-refractivity contribution in [1.29, 1.82) is 0 Å². The van der Waals surface area contributed by atoms with Gasteiger partial charge in [0.15, 0.2) is 0 Å². The number of azo groups is 1. The number of hydrogen-bond donors (Lipinski definition) is 0. The van der Waals surface area contributed by atoms with E-state index in [0.717, 1.165) is 10.9 Å². The smallest absolute Gasteiger partial charge is 0.0935 e. The predicted molar refractivity (Wildman–Crippen MR) is 66.5 cm³/mol. The number of hydrogen-bond acceptors (Lipinski definition) is 2. The second kappa shape index (κ2) is 3.74. The first-order valence-electron chi connectivity index (χ1n) is 5.21. The fourth-order valence-corrected chi connectivity index (χ4v) is 1.88. The number of nitrogens with zero attached hydrogens (tertiary/aromatic N) is 2. The molecule has 76 valence electrons. The normalized spacial score (nSPS) is 15.5. The molecule has 2 nitrogen and oxygen atoms in total. The van der Waals surface area contributed by atoms with E-state index in [1.54, 1.807) is 6.20 Å². The van der Waals surface area contributed by atoms with Crippen molar-refractivity contribution < 1.29 is 0 Å². The van der Waals surface area contributed by atoms with Crippen molar-refractivity contribution in [3.63, 3.8) is 0 Å². The lowest BCUT2D eigenvalue weighted by molar-refractivity contribution is 1.22. The van der Waals surface area contributed by atoms with Gasteiger partial charge in [-0.15, -0.1) is 0 Å². The van der Waals surface area contributed by atoms with Gasteiger partial charge in [-0.2, -0.15) is 10.2 Å². The summed E-state index contributed by atoms with van der Waals surface area (Å²) in [6.45, 7) is 0. The van der Waals surface area contributed by atoms with Gasteiger partial charge in [-0.1, -0.05) is 42.5 Å². The highest BCUT2D eigenvalue weighted by atomic mass is 15.1. The average molecular weight is 206 g/mol. The van der Waals surface area contributed by atoms with Gasteiger partial charge in [0.2, 0.25) is 0 Å². The fourth-order valence-electron chi connectivity index (χ4n) is 1.88. The molecule has 0 unspecified atom stereocenters. The monoisotopic (exact) mass is 206 g/mol. The maximum atomic E-state index is 4.16. The zero-order valence-electron chi connectivity index (χ0n) is 8.67. The summed E-state index contributed by atoms with van der Waals surface area (Å²) in [5, 5.41) is 10.4. The second-order valence-corrected chi connectivity index (χ2v) is 3.64. The number of benzene rings is 1. The highest BCUT2D eigenvalue weighted by Crippen LogP contribution is 2.09. The van der Waals surface area contributed by atoms with Crippen LogP contribution in [0.3, 0.4) is 0 Å². The maximum absolute atomic E-state index is 4.16. The molecule has 0 saturated heterocycles. The van der Waals surface area contributed by atoms with Crippen LogP contribution < -0.4 is 10.4 Å². The lowest BCUT2D eigenvalue weighted by atomic mass is 10.1. The Labute approximate surface area is 93.3 Å². The van der Waals surface area contributed by atoms with E-state index in [2.05, 4.69) is 34.5 Å². The Kier molecular flexibility index (Phi) is 2.11. The van der Waals surface area contributed by atoms with Crippen LogP contribution in [0.15, 0.2) is 52.9 Å². The molecule has 0 N–H and O–H groups in total. The first-order valence-corrected chi connectivity index (χ1v) is 5.21. The summed E-state index contributed by atoms with van der Waals surface area (Å²) in [6.07, 6.45) is 16.0. The molecule has 0 aromatic heterocycles. The zero-order valence-corrected chi connectivity index (χ0v) is 8.67. The minimum absolute atomic E-state index is 0.920. The van der Waals surface area contributed by atoms with E-state index in [1.807, 2.05) is 30.4 Å². The summed E-state index contributed by atoms with van der Waals surface area (Å²) >= 11 is 0. The summed E-state index contributed by atoms with van der Waals surface area (Å²) in [5.74, 6) is 0. The van der Waals surface area contributed by atoms with Gasteiger partial charge in [-0.05, 0) is 22.9 Å². The molecule has 2 heteroatoms. The van der Waals surface area contributed by atoms with E-state index in [9.17, 15) is 0 Å². The molecule has 3 rings (SSSR count). The van der Waals surface area contributed by atoms with Crippen LogP contribution in [-0.4, -0.2) is 0 Å². The molecule has 2 aliphatic rings. The maximum Gasteiger partial charge on any atom is 0.0935 e. The summed E-state index contributed by atoms with van der Waals surface area (Å²) in [5.41, 5.74) is 2.13. The van der Waals surface area contributed by atoms with Crippen LogP contribution >= 0.6 is 0 Å². The summed E-state index contributed by atoms with van der Waals surface area (Å²) < 4.78 is 0. The van der Waals surface area contributed by atoms with Crippen LogP contribution in [0.1, 0.15) is 5.56 Å². The summed E-state index contributed by atoms with van der Waals surface area (Å²) in [4.78, 5) is 0. The van der Waals surface area contributed by atoms with Crippen molar-refractivity contribution in [2.75, 3.05) is 0 Å². The molecule has 0 fully saturated rings. The third kappa shape index (κ3) is 1.44. The molecule has 0 atom stereocenters. The molecule has 1 heterocycles. The van der Waals surface area contributed by atoms with Crippen LogP contribution in [-0.2, 0) is 0 Å². The third-order valence-electron chi connectivity index (χ3n) is 2.64. The molecule has 0 bridgehead atoms. The average Bonchev–Trinajstić information content (AvgIpc) is 2.68. The standard InChI is InChI=1S/C14H10N2/c1-2-5-11-8-9-14-13(12(11)6-3-1)7-4-10-15-16-14/h1-10H. The molecular weight excluding hydrogens is 196 g/mol. The quantitative estimate of drug-likeness (QED) is 0.623. The van der Waals surface area contributed by atoms with Gasteiger partial charge in [0.1, 0.15) is 0 Å². The predicted octanol–water partition coefficient (Wildman–Crippen LogP) is 2.44. The van der Waals surface area contributed by atoms with Gasteiger partial charge in [0, 0.05) is 11.4 Å². The molecule has 0 saturated carbocycles. The van der Waals surface area contributed by atoms with Crippen molar-refractivity contribution in [2.24, 2.45) is 10.2 Å². The van der Waals surface area contributed by atoms with E-state index in [1.165, 1.54) is 10.8 Å². The van der Waals surface area contributed by atoms with Gasteiger partial charge in [-0.25, -0.2) is 0 Å². The summed E-state index contributed by atoms with van der Waals surface area (Å²) in [7, 11) is 0. The molecule has 1 aromatic rings. The van der Waals surface area contributed by atoms with Crippen LogP contribution in [0.2, 0.25) is 0 Å². The van der Waals surface area contributed by atoms with E-state index in [0.29, 0.717) is 0 Å². The molecule has 0 radical (unpaired) electrons. The first kappa shape index (κ1) is 9.04. The highest BCUT2D eigenvalue weighted by molar-refractivity contribution is 5.64. The van der Waals surface area contributed by atoms with Crippen molar-refractivity contribution >= 4 is 23.9 Å². The number of fused-ring (bicyclic) bond motifs is 3. The van der Waals surface area contributed by atoms with Gasteiger partial charge >= 0.3 is 0 Å². The van der Waals surface area contributed by atoms with Crippen LogP contribution in [0.4, 0.5) is 5.69 Å². The van der Waals surface area contributed by atoms with Crippen molar-refractivity contribution in [3.8, 4) is 0 Å². The SMILES string of the molecule is C1=CC=c2c(ccc3c2=CC=CN=N3)C=C1. The van der Waals surface area contributed by atoms with Crippen molar-refractivity contribution in [3.05, 3.63) is 58.6 Å². The molecule has 1 aliphatic carbocycles. The molecule has 0 spiro atoms. The number of rotatable bonds is 0. The van der Waals surface area contributed by atoms with E-state index in [4.69, 9.17) is 0 Å². The Morgan fingerprint density at radius 3 is 2.75 bits per heavy atom. The fraction of sp³-hybridized carbons (Fsp3) is 0. The van der Waals surface area contributed by atoms with Crippen LogP contribution in [0.5, 0.6) is 0 Å². The molecule has 1 aromatic carbocycles. The zero-order chi connectivity index (χ0) is 10.8. The van der Waals surface area contributed by atoms with Gasteiger partial charge < -0.3 is 0 Å². The Morgan fingerprint density at radius 1 is 0.812 bits per heavy atom. The van der Waals surface area contributed by atoms with E-state index in [-0.39, 0.29) is 0 Å². The minimum atomic E-state index is 0.920. The van der Waals surface area contributed by atoms with Crippen molar-refractivity contribution in [1.82, 2.24) is 0 Å². The molecule has 0 amide bonds. The molecular formula is C14H10N2. The molecule has 16 heavy (non-hydrogen) atoms. The van der Waals surface area contributed by atoms with Gasteiger partial charge in [-0.3, -0.25) is 0 Å². The van der Waals surface area contributed by atoms with E-state index < -0.39 is 0 Å². The minimum Gasteiger partial charge on any atom is -0.159 e. The third-order valence-corrected chi connectivity index (χ3v) is 2.64. The summed E-state index contributed by atoms with van der Waals surface area (Å²) in [6, 6.07) is 4.08. The Balaban J connectivity index is 2.47. The largest absolute Gasteiger partial charge is 0.159 e. The molecule has 1 aliphatic heterocycles. The van der Waals surface area contributed by atoms with Crippen LogP contribution in [0, 0.1) is 0 Å². The Morgan fingerprint density at radius 2 is 1.75 bits per heavy atom. The Hall–Kier alpha value is -2.22. The lowest BCUT2D eigenvalue weighted by Crippen LogP contribution is -2.26. The van der Waals surface area contributed by atoms with Gasteiger partial charge in [0.05, 0.1) is 5.69 Å². The number of allylic oxidation sites excluding steroid dienone is 4. The topological polar surface area (TPSA) is 24.7 Å². The highest BCUT2D eigenvalue weighted by Gasteiger charge is 2.01. The van der Waals surface area contributed by atoms with Gasteiger partial charge in [0.25, 0.3) is 0 Å². The second-order valence-electron chi connectivity index (χ2n) is 3.64. The van der Waals surface area contributed by atoms with Crippen molar-refractivity contribution in [2.45, 2.75) is 0 Å². The first-order chi connectivity index (χ1) is 7.95. The Bertz CT molecular complexity index is 600.